The summed E-state index contributed by atoms with van der Waals surface area (Å²) in [5.74, 6) is -0.769. The van der Waals surface area contributed by atoms with Gasteiger partial charge >= 0.3 is 5.97 Å². The second-order valence-electron chi connectivity index (χ2n) is 7.65. The van der Waals surface area contributed by atoms with Gasteiger partial charge in [0.15, 0.2) is 0 Å². The fourth-order valence-corrected chi connectivity index (χ4v) is 2.62. The summed E-state index contributed by atoms with van der Waals surface area (Å²) in [6.45, 7) is 5.58. The van der Waals surface area contributed by atoms with Crippen molar-refractivity contribution in [1.29, 1.82) is 0 Å². The van der Waals surface area contributed by atoms with Crippen molar-refractivity contribution in [2.24, 2.45) is 5.41 Å². The first-order chi connectivity index (χ1) is 11.7. The van der Waals surface area contributed by atoms with Crippen LogP contribution >= 0.6 is 0 Å². The van der Waals surface area contributed by atoms with Gasteiger partial charge in [-0.15, -0.1) is 0 Å². The third kappa shape index (κ3) is 12.1. The highest BCUT2D eigenvalue weighted by Gasteiger charge is 2.25. The number of aliphatic carboxylic acids is 1. The SMILES string of the molecule is CCCCCC(O)/C=C/C(O)C(O)CCCCCCC(C)(C)C(=O)O. The Morgan fingerprint density at radius 2 is 1.52 bits per heavy atom. The van der Waals surface area contributed by atoms with E-state index in [4.69, 9.17) is 5.11 Å². The molecule has 5 heteroatoms. The molecule has 0 rings (SSSR count). The average Bonchev–Trinajstić information content (AvgIpc) is 2.55. The van der Waals surface area contributed by atoms with Crippen LogP contribution in [0, 0.1) is 5.41 Å². The second kappa shape index (κ2) is 13.3. The van der Waals surface area contributed by atoms with Crippen molar-refractivity contribution in [3.8, 4) is 0 Å². The van der Waals surface area contributed by atoms with Crippen LogP contribution in [0.15, 0.2) is 12.2 Å². The van der Waals surface area contributed by atoms with Gasteiger partial charge in [0.25, 0.3) is 0 Å². The lowest BCUT2D eigenvalue weighted by Crippen LogP contribution is -2.24. The van der Waals surface area contributed by atoms with E-state index in [0.717, 1.165) is 44.9 Å². The number of aliphatic hydroxyl groups is 3. The third-order valence-corrected chi connectivity index (χ3v) is 4.66. The highest BCUT2D eigenvalue weighted by Crippen LogP contribution is 2.24. The highest BCUT2D eigenvalue weighted by molar-refractivity contribution is 5.73. The molecule has 0 saturated heterocycles. The molecule has 0 radical (unpaired) electrons. The fourth-order valence-electron chi connectivity index (χ4n) is 2.62. The molecule has 148 valence electrons. The molecule has 0 saturated carbocycles. The van der Waals surface area contributed by atoms with Crippen molar-refractivity contribution < 1.29 is 25.2 Å². The summed E-state index contributed by atoms with van der Waals surface area (Å²) >= 11 is 0. The van der Waals surface area contributed by atoms with Gasteiger partial charge in [-0.1, -0.05) is 64.0 Å². The number of hydrogen-bond donors (Lipinski definition) is 4. The molecule has 0 heterocycles. The van der Waals surface area contributed by atoms with Gasteiger partial charge in [0.05, 0.1) is 23.7 Å². The predicted octanol–water partition coefficient (Wildman–Crippen LogP) is 3.66. The Morgan fingerprint density at radius 3 is 2.12 bits per heavy atom. The Bertz CT molecular complexity index is 378. The molecule has 0 aromatic rings. The highest BCUT2D eigenvalue weighted by atomic mass is 16.4. The first-order valence-electron chi connectivity index (χ1n) is 9.66. The lowest BCUT2D eigenvalue weighted by Gasteiger charge is -2.18. The summed E-state index contributed by atoms with van der Waals surface area (Å²) in [4.78, 5) is 11.0. The topological polar surface area (TPSA) is 98.0 Å². The minimum Gasteiger partial charge on any atom is -0.481 e. The quantitative estimate of drug-likeness (QED) is 0.264. The van der Waals surface area contributed by atoms with Gasteiger partial charge in [0.1, 0.15) is 0 Å². The van der Waals surface area contributed by atoms with Crippen molar-refractivity contribution >= 4 is 5.97 Å². The maximum Gasteiger partial charge on any atom is 0.309 e. The minimum atomic E-state index is -0.952. The monoisotopic (exact) mass is 358 g/mol. The van der Waals surface area contributed by atoms with Gasteiger partial charge in [-0.3, -0.25) is 4.79 Å². The molecule has 0 spiro atoms. The average molecular weight is 359 g/mol. The molecule has 0 aliphatic rings. The van der Waals surface area contributed by atoms with Crippen LogP contribution in [0.25, 0.3) is 0 Å². The zero-order valence-electron chi connectivity index (χ0n) is 16.2. The predicted molar refractivity (Wildman–Crippen MR) is 100 cm³/mol. The van der Waals surface area contributed by atoms with Crippen LogP contribution in [-0.2, 0) is 4.79 Å². The number of rotatable bonds is 15. The standard InChI is InChI=1S/C20H38O5/c1-4-5-8-11-16(21)13-14-18(23)17(22)12-9-6-7-10-15-20(2,3)19(24)25/h13-14,16-18,21-23H,4-12,15H2,1-3H3,(H,24,25)/b14-13+. The molecule has 3 unspecified atom stereocenters. The molecule has 4 N–H and O–H groups in total. The van der Waals surface area contributed by atoms with E-state index in [-0.39, 0.29) is 0 Å². The number of unbranched alkanes of at least 4 members (excludes halogenated alkanes) is 5. The Kier molecular flexibility index (Phi) is 12.8. The van der Waals surface area contributed by atoms with Gasteiger partial charge in [-0.05, 0) is 33.1 Å². The number of carboxylic acid groups (broad SMARTS) is 1. The lowest BCUT2D eigenvalue weighted by atomic mass is 9.87. The zero-order chi connectivity index (χ0) is 19.3. The van der Waals surface area contributed by atoms with Crippen LogP contribution in [0.2, 0.25) is 0 Å². The molecule has 3 atom stereocenters. The van der Waals surface area contributed by atoms with Crippen molar-refractivity contribution in [2.45, 2.75) is 103 Å². The maximum absolute atomic E-state index is 11.0. The summed E-state index contributed by atoms with van der Waals surface area (Å²) in [5, 5.41) is 38.6. The zero-order valence-corrected chi connectivity index (χ0v) is 16.2. The van der Waals surface area contributed by atoms with Crippen LogP contribution in [0.1, 0.15) is 85.0 Å². The summed E-state index contributed by atoms with van der Waals surface area (Å²) in [6, 6.07) is 0. The lowest BCUT2D eigenvalue weighted by molar-refractivity contribution is -0.147. The van der Waals surface area contributed by atoms with Gasteiger partial charge < -0.3 is 20.4 Å². The fraction of sp³-hybridized carbons (Fsp3) is 0.850. The molecule has 0 aromatic heterocycles. The molecule has 0 fully saturated rings. The van der Waals surface area contributed by atoms with Crippen LogP contribution in [0.4, 0.5) is 0 Å². The second-order valence-corrected chi connectivity index (χ2v) is 7.65. The van der Waals surface area contributed by atoms with Crippen molar-refractivity contribution in [1.82, 2.24) is 0 Å². The Morgan fingerprint density at radius 1 is 0.920 bits per heavy atom. The molecule has 0 bridgehead atoms. The first-order valence-corrected chi connectivity index (χ1v) is 9.66. The number of carbonyl (C=O) groups is 1. The Labute approximate surface area is 152 Å². The summed E-state index contributed by atoms with van der Waals surface area (Å²) in [6.07, 6.45) is 9.15. The van der Waals surface area contributed by atoms with Gasteiger partial charge in [-0.25, -0.2) is 0 Å². The van der Waals surface area contributed by atoms with Crippen LogP contribution in [0.5, 0.6) is 0 Å². The van der Waals surface area contributed by atoms with E-state index in [1.54, 1.807) is 19.9 Å². The van der Waals surface area contributed by atoms with E-state index in [1.165, 1.54) is 6.08 Å². The molecular weight excluding hydrogens is 320 g/mol. The Hall–Kier alpha value is -0.910. The maximum atomic E-state index is 11.0. The molecular formula is C20H38O5. The molecule has 0 aromatic carbocycles. The number of carboxylic acids is 1. The molecule has 0 aliphatic carbocycles. The third-order valence-electron chi connectivity index (χ3n) is 4.66. The smallest absolute Gasteiger partial charge is 0.309 e. The minimum absolute atomic E-state index is 0.500. The van der Waals surface area contributed by atoms with Gasteiger partial charge in [0.2, 0.25) is 0 Å². The van der Waals surface area contributed by atoms with E-state index in [0.29, 0.717) is 19.3 Å². The van der Waals surface area contributed by atoms with E-state index >= 15 is 0 Å². The first kappa shape index (κ1) is 24.1. The number of hydrogen-bond acceptors (Lipinski definition) is 4. The normalized spacial score (nSPS) is 16.1. The van der Waals surface area contributed by atoms with E-state index < -0.39 is 29.7 Å². The van der Waals surface area contributed by atoms with Crippen LogP contribution in [0.3, 0.4) is 0 Å². The Balaban J connectivity index is 3.83. The molecule has 0 amide bonds. The number of aliphatic hydroxyl groups excluding tert-OH is 3. The summed E-state index contributed by atoms with van der Waals surface area (Å²) in [7, 11) is 0. The largest absolute Gasteiger partial charge is 0.481 e. The van der Waals surface area contributed by atoms with Gasteiger partial charge in [0, 0.05) is 0 Å². The summed E-state index contributed by atoms with van der Waals surface area (Å²) in [5.41, 5.74) is -0.682. The van der Waals surface area contributed by atoms with Crippen molar-refractivity contribution in [3.63, 3.8) is 0 Å². The van der Waals surface area contributed by atoms with Crippen LogP contribution < -0.4 is 0 Å². The van der Waals surface area contributed by atoms with Crippen molar-refractivity contribution in [2.75, 3.05) is 0 Å². The molecule has 25 heavy (non-hydrogen) atoms. The van der Waals surface area contributed by atoms with E-state index in [1.807, 2.05) is 0 Å². The van der Waals surface area contributed by atoms with Gasteiger partial charge in [-0.2, -0.15) is 0 Å². The molecule has 0 aliphatic heterocycles. The van der Waals surface area contributed by atoms with Crippen LogP contribution in [-0.4, -0.2) is 44.7 Å². The van der Waals surface area contributed by atoms with E-state index in [2.05, 4.69) is 6.92 Å². The summed E-state index contributed by atoms with van der Waals surface area (Å²) < 4.78 is 0. The van der Waals surface area contributed by atoms with E-state index in [9.17, 15) is 20.1 Å². The molecule has 5 nitrogen and oxygen atoms in total. The van der Waals surface area contributed by atoms with Crippen molar-refractivity contribution in [3.05, 3.63) is 12.2 Å².